The third-order valence-corrected chi connectivity index (χ3v) is 6.85. The quantitative estimate of drug-likeness (QED) is 0.383. The summed E-state index contributed by atoms with van der Waals surface area (Å²) in [6.07, 6.45) is -0.158. The molecule has 0 aromatic heterocycles. The highest BCUT2D eigenvalue weighted by atomic mass is 32.2. The molecule has 1 unspecified atom stereocenters. The molecule has 0 bridgehead atoms. The normalized spacial score (nSPS) is 12.2. The summed E-state index contributed by atoms with van der Waals surface area (Å²) in [7, 11) is -3.89. The fourth-order valence-corrected chi connectivity index (χ4v) is 5.13. The number of hydrogen-bond donors (Lipinski definition) is 3. The maximum absolute atomic E-state index is 13.4. The van der Waals surface area contributed by atoms with Gasteiger partial charge in [-0.2, -0.15) is 0 Å². The highest BCUT2D eigenvalue weighted by Gasteiger charge is 2.26. The number of sulfone groups is 1. The molecule has 0 saturated carbocycles. The van der Waals surface area contributed by atoms with Gasteiger partial charge in [-0.05, 0) is 47.9 Å². The number of carboxylic acid groups (broad SMARTS) is 1. The summed E-state index contributed by atoms with van der Waals surface area (Å²) in [5.41, 5.74) is 13.1. The topological polar surface area (TPSA) is 136 Å². The van der Waals surface area contributed by atoms with E-state index in [1.165, 1.54) is 18.2 Å². The molecule has 0 aliphatic carbocycles. The number of guanidine groups is 1. The van der Waals surface area contributed by atoms with Gasteiger partial charge in [-0.15, -0.1) is 0 Å². The number of nitrogens with zero attached hydrogens (tertiary/aromatic N) is 1. The van der Waals surface area contributed by atoms with E-state index in [0.29, 0.717) is 16.8 Å². The number of benzene rings is 3. The first kappa shape index (κ1) is 22.0. The SMILES string of the molecule is Cc1c(C(CC(=O)O)c2ccccc2)cccc1S(=O)(=O)c1cccc(N=C(N)N)c1. The van der Waals surface area contributed by atoms with E-state index in [1.54, 1.807) is 31.2 Å². The minimum atomic E-state index is -3.89. The first-order valence-electron chi connectivity index (χ1n) is 9.51. The minimum absolute atomic E-state index is 0.0461. The van der Waals surface area contributed by atoms with Crippen LogP contribution in [0.25, 0.3) is 0 Å². The van der Waals surface area contributed by atoms with Crippen molar-refractivity contribution in [3.63, 3.8) is 0 Å². The van der Waals surface area contributed by atoms with Crippen molar-refractivity contribution in [2.75, 3.05) is 0 Å². The van der Waals surface area contributed by atoms with Crippen LogP contribution in [0.15, 0.2) is 87.6 Å². The van der Waals surface area contributed by atoms with Gasteiger partial charge < -0.3 is 16.6 Å². The van der Waals surface area contributed by atoms with Crippen molar-refractivity contribution < 1.29 is 18.3 Å². The molecule has 0 saturated heterocycles. The lowest BCUT2D eigenvalue weighted by atomic mass is 9.86. The van der Waals surface area contributed by atoms with Gasteiger partial charge in [0.15, 0.2) is 5.96 Å². The Morgan fingerprint density at radius 1 is 1.00 bits per heavy atom. The molecular formula is C23H23N3O4S. The summed E-state index contributed by atoms with van der Waals surface area (Å²) in [6, 6.07) is 20.1. The number of carboxylic acids is 1. The molecule has 5 N–H and O–H groups in total. The zero-order valence-electron chi connectivity index (χ0n) is 16.9. The van der Waals surface area contributed by atoms with Crippen LogP contribution in [-0.2, 0) is 14.6 Å². The van der Waals surface area contributed by atoms with Crippen molar-refractivity contribution in [3.05, 3.63) is 89.5 Å². The van der Waals surface area contributed by atoms with Gasteiger partial charge in [-0.3, -0.25) is 4.79 Å². The molecule has 160 valence electrons. The smallest absolute Gasteiger partial charge is 0.304 e. The van der Waals surface area contributed by atoms with Crippen LogP contribution in [0.4, 0.5) is 5.69 Å². The second-order valence-corrected chi connectivity index (χ2v) is 8.99. The molecule has 3 aromatic carbocycles. The van der Waals surface area contributed by atoms with Crippen LogP contribution in [0.5, 0.6) is 0 Å². The van der Waals surface area contributed by atoms with E-state index < -0.39 is 21.7 Å². The second kappa shape index (κ2) is 9.01. The molecule has 0 radical (unpaired) electrons. The monoisotopic (exact) mass is 437 g/mol. The van der Waals surface area contributed by atoms with Crippen molar-refractivity contribution >= 4 is 27.5 Å². The van der Waals surface area contributed by atoms with Crippen LogP contribution in [-0.4, -0.2) is 25.5 Å². The average Bonchev–Trinajstić information content (AvgIpc) is 2.72. The number of carbonyl (C=O) groups is 1. The fraction of sp³-hybridized carbons (Fsp3) is 0.130. The second-order valence-electron chi connectivity index (χ2n) is 7.07. The Kier molecular flexibility index (Phi) is 6.41. The van der Waals surface area contributed by atoms with E-state index in [0.717, 1.165) is 5.56 Å². The summed E-state index contributed by atoms with van der Waals surface area (Å²) in [4.78, 5) is 15.6. The largest absolute Gasteiger partial charge is 0.481 e. The van der Waals surface area contributed by atoms with Gasteiger partial charge in [0.25, 0.3) is 0 Å². The van der Waals surface area contributed by atoms with E-state index in [1.807, 2.05) is 30.3 Å². The molecule has 0 spiro atoms. The minimum Gasteiger partial charge on any atom is -0.481 e. The lowest BCUT2D eigenvalue weighted by Gasteiger charge is -2.20. The number of aliphatic imine (C=N–C) groups is 1. The number of aliphatic carboxylic acids is 1. The summed E-state index contributed by atoms with van der Waals surface area (Å²) in [5.74, 6) is -1.62. The van der Waals surface area contributed by atoms with Crippen LogP contribution in [0, 0.1) is 6.92 Å². The van der Waals surface area contributed by atoms with Crippen LogP contribution >= 0.6 is 0 Å². The van der Waals surface area contributed by atoms with Gasteiger partial charge in [-0.25, -0.2) is 13.4 Å². The van der Waals surface area contributed by atoms with Crippen molar-refractivity contribution in [1.82, 2.24) is 0 Å². The molecule has 0 aliphatic rings. The Hall–Kier alpha value is -3.65. The molecule has 31 heavy (non-hydrogen) atoms. The van der Waals surface area contributed by atoms with E-state index >= 15 is 0 Å². The fourth-order valence-electron chi connectivity index (χ4n) is 3.56. The average molecular weight is 438 g/mol. The predicted molar refractivity (Wildman–Crippen MR) is 119 cm³/mol. The van der Waals surface area contributed by atoms with Crippen molar-refractivity contribution in [3.8, 4) is 0 Å². The lowest BCUT2D eigenvalue weighted by molar-refractivity contribution is -0.137. The number of nitrogens with two attached hydrogens (primary N) is 2. The zero-order valence-corrected chi connectivity index (χ0v) is 17.7. The van der Waals surface area contributed by atoms with E-state index in [2.05, 4.69) is 4.99 Å². The highest BCUT2D eigenvalue weighted by molar-refractivity contribution is 7.91. The first-order chi connectivity index (χ1) is 14.7. The Morgan fingerprint density at radius 2 is 1.68 bits per heavy atom. The predicted octanol–water partition coefficient (Wildman–Crippen LogP) is 3.34. The standard InChI is InChI=1S/C23H23N3O4S/c1-15-19(20(14-22(27)28)16-7-3-2-4-8-16)11-6-12-21(15)31(29,30)18-10-5-9-17(13-18)26-23(24)25/h2-13,20H,14H2,1H3,(H,27,28)(H4,24,25,26). The molecule has 1 atom stereocenters. The maximum atomic E-state index is 13.4. The van der Waals surface area contributed by atoms with Crippen LogP contribution < -0.4 is 11.5 Å². The van der Waals surface area contributed by atoms with Gasteiger partial charge in [0.1, 0.15) is 0 Å². The molecule has 0 aliphatic heterocycles. The molecule has 0 fully saturated rings. The summed E-state index contributed by atoms with van der Waals surface area (Å²) in [6.45, 7) is 1.69. The van der Waals surface area contributed by atoms with E-state index in [-0.39, 0.29) is 22.2 Å². The van der Waals surface area contributed by atoms with Gasteiger partial charge in [-0.1, -0.05) is 48.5 Å². The first-order valence-corrected chi connectivity index (χ1v) is 11.0. The molecule has 8 heteroatoms. The molecule has 0 amide bonds. The molecule has 3 aromatic rings. The molecule has 3 rings (SSSR count). The summed E-state index contributed by atoms with van der Waals surface area (Å²) in [5, 5.41) is 9.46. The number of rotatable bonds is 7. The maximum Gasteiger partial charge on any atom is 0.304 e. The summed E-state index contributed by atoms with van der Waals surface area (Å²) >= 11 is 0. The zero-order chi connectivity index (χ0) is 22.6. The molecular weight excluding hydrogens is 414 g/mol. The lowest BCUT2D eigenvalue weighted by Crippen LogP contribution is -2.21. The van der Waals surface area contributed by atoms with Crippen LogP contribution in [0.2, 0.25) is 0 Å². The highest BCUT2D eigenvalue weighted by Crippen LogP contribution is 2.35. The molecule has 7 nitrogen and oxygen atoms in total. The van der Waals surface area contributed by atoms with E-state index in [4.69, 9.17) is 11.5 Å². The Morgan fingerprint density at radius 3 is 2.32 bits per heavy atom. The van der Waals surface area contributed by atoms with E-state index in [9.17, 15) is 18.3 Å². The van der Waals surface area contributed by atoms with Crippen molar-refractivity contribution in [2.45, 2.75) is 29.1 Å². The van der Waals surface area contributed by atoms with Crippen molar-refractivity contribution in [2.24, 2.45) is 16.5 Å². The van der Waals surface area contributed by atoms with Gasteiger partial charge in [0.05, 0.1) is 21.9 Å². The Balaban J connectivity index is 2.13. The summed E-state index contributed by atoms with van der Waals surface area (Å²) < 4.78 is 26.8. The Labute approximate surface area is 181 Å². The van der Waals surface area contributed by atoms with Crippen molar-refractivity contribution in [1.29, 1.82) is 0 Å². The van der Waals surface area contributed by atoms with Gasteiger partial charge in [0, 0.05) is 5.92 Å². The third-order valence-electron chi connectivity index (χ3n) is 4.96. The van der Waals surface area contributed by atoms with Gasteiger partial charge >= 0.3 is 5.97 Å². The Bertz CT molecular complexity index is 1230. The van der Waals surface area contributed by atoms with Crippen LogP contribution in [0.1, 0.15) is 29.0 Å². The van der Waals surface area contributed by atoms with Crippen LogP contribution in [0.3, 0.4) is 0 Å². The third kappa shape index (κ3) is 4.92. The van der Waals surface area contributed by atoms with Gasteiger partial charge in [0.2, 0.25) is 9.84 Å². The molecule has 0 heterocycles. The number of hydrogen-bond acceptors (Lipinski definition) is 4.